The number of allylic oxidation sites excluding steroid dienone is 1. The molecular formula is C30H22N2O6S. The van der Waals surface area contributed by atoms with Crippen LogP contribution >= 0.6 is 11.3 Å². The number of thiazole rings is 1. The van der Waals surface area contributed by atoms with Gasteiger partial charge in [0.05, 0.1) is 30.5 Å². The van der Waals surface area contributed by atoms with Gasteiger partial charge in [0.2, 0.25) is 0 Å². The van der Waals surface area contributed by atoms with Crippen LogP contribution in [0.25, 0.3) is 44.6 Å². The molecule has 0 spiro atoms. The first-order valence-electron chi connectivity index (χ1n) is 12.0. The van der Waals surface area contributed by atoms with Gasteiger partial charge < -0.3 is 18.6 Å². The molecule has 0 radical (unpaired) electrons. The number of nitrogens with zero attached hydrogens (tertiary/aromatic N) is 2. The largest absolute Gasteiger partial charge is 0.493 e. The van der Waals surface area contributed by atoms with Gasteiger partial charge in [-0.1, -0.05) is 36.4 Å². The van der Waals surface area contributed by atoms with E-state index in [1.807, 2.05) is 30.3 Å². The molecule has 0 N–H and O–H groups in total. The molecule has 5 aromatic rings. The second-order valence-corrected chi connectivity index (χ2v) is 9.22. The Morgan fingerprint density at radius 3 is 2.74 bits per heavy atom. The second-order valence-electron chi connectivity index (χ2n) is 8.36. The summed E-state index contributed by atoms with van der Waals surface area (Å²) in [6.45, 7) is 1.74. The Labute approximate surface area is 227 Å². The average Bonchev–Trinajstić information content (AvgIpc) is 3.44. The number of esters is 1. The minimum Gasteiger partial charge on any atom is -0.493 e. The smallest absolute Gasteiger partial charge is 0.345 e. The van der Waals surface area contributed by atoms with Gasteiger partial charge in [0.1, 0.15) is 16.7 Å². The highest BCUT2D eigenvalue weighted by molar-refractivity contribution is 7.11. The third kappa shape index (κ3) is 5.37. The normalized spacial score (nSPS) is 11.4. The number of hydrogen-bond donors (Lipinski definition) is 0. The standard InChI is InChI=1S/C30H22N2O6S/c1-3-36-28(33)16-37-26-10-8-18(13-27(26)35-2)12-20(15-31)29-32-24(17-39-29)23-14-22-21-7-5-4-6-19(21)9-11-25(22)38-30(23)34/h4-14,17H,3,16H2,1-2H3/b20-12+. The van der Waals surface area contributed by atoms with Crippen molar-refractivity contribution < 1.29 is 23.4 Å². The van der Waals surface area contributed by atoms with Crippen LogP contribution in [0.4, 0.5) is 0 Å². The van der Waals surface area contributed by atoms with Crippen LogP contribution in [0.1, 0.15) is 17.5 Å². The van der Waals surface area contributed by atoms with Crippen LogP contribution in [0.15, 0.2) is 75.3 Å². The number of ether oxygens (including phenoxy) is 3. The van der Waals surface area contributed by atoms with Gasteiger partial charge in [-0.25, -0.2) is 14.6 Å². The molecule has 0 atom stereocenters. The van der Waals surface area contributed by atoms with Crippen LogP contribution in [0.2, 0.25) is 0 Å². The summed E-state index contributed by atoms with van der Waals surface area (Å²) in [4.78, 5) is 29.0. The van der Waals surface area contributed by atoms with Crippen molar-refractivity contribution >= 4 is 50.7 Å². The van der Waals surface area contributed by atoms with Gasteiger partial charge in [-0.3, -0.25) is 0 Å². The van der Waals surface area contributed by atoms with Crippen molar-refractivity contribution in [2.75, 3.05) is 20.3 Å². The Morgan fingerprint density at radius 2 is 1.95 bits per heavy atom. The number of carbonyl (C=O) groups is 1. The van der Waals surface area contributed by atoms with E-state index in [0.717, 1.165) is 16.2 Å². The van der Waals surface area contributed by atoms with E-state index in [2.05, 4.69) is 11.1 Å². The summed E-state index contributed by atoms with van der Waals surface area (Å²) >= 11 is 1.25. The van der Waals surface area contributed by atoms with E-state index in [0.29, 0.717) is 44.5 Å². The highest BCUT2D eigenvalue weighted by Crippen LogP contribution is 2.32. The Balaban J connectivity index is 1.46. The molecule has 8 nitrogen and oxygen atoms in total. The van der Waals surface area contributed by atoms with Gasteiger partial charge in [0.15, 0.2) is 18.1 Å². The van der Waals surface area contributed by atoms with E-state index in [9.17, 15) is 14.9 Å². The molecule has 0 aliphatic rings. The van der Waals surface area contributed by atoms with E-state index < -0.39 is 11.6 Å². The summed E-state index contributed by atoms with van der Waals surface area (Å²) in [6, 6.07) is 20.6. The molecule has 194 valence electrons. The lowest BCUT2D eigenvalue weighted by Gasteiger charge is -2.11. The lowest BCUT2D eigenvalue weighted by molar-refractivity contribution is -0.145. The molecule has 39 heavy (non-hydrogen) atoms. The number of fused-ring (bicyclic) bond motifs is 3. The minimum atomic E-state index is -0.500. The summed E-state index contributed by atoms with van der Waals surface area (Å²) in [5.74, 6) is 0.281. The summed E-state index contributed by atoms with van der Waals surface area (Å²) < 4.78 is 21.4. The topological polar surface area (TPSA) is 112 Å². The van der Waals surface area contributed by atoms with Crippen molar-refractivity contribution in [1.29, 1.82) is 5.26 Å². The van der Waals surface area contributed by atoms with Crippen LogP contribution in [0, 0.1) is 11.3 Å². The maximum atomic E-state index is 12.8. The zero-order chi connectivity index (χ0) is 27.4. The molecule has 2 heterocycles. The van der Waals surface area contributed by atoms with Gasteiger partial charge in [0, 0.05) is 10.8 Å². The summed E-state index contributed by atoms with van der Waals surface area (Å²) in [5, 5.41) is 14.9. The zero-order valence-electron chi connectivity index (χ0n) is 21.1. The monoisotopic (exact) mass is 538 g/mol. The maximum Gasteiger partial charge on any atom is 0.345 e. The van der Waals surface area contributed by atoms with Crippen LogP contribution < -0.4 is 15.1 Å². The molecular weight excluding hydrogens is 516 g/mol. The predicted molar refractivity (Wildman–Crippen MR) is 150 cm³/mol. The molecule has 0 saturated heterocycles. The fraction of sp³-hybridized carbons (Fsp3) is 0.133. The summed E-state index contributed by atoms with van der Waals surface area (Å²) in [6.07, 6.45) is 1.66. The van der Waals surface area contributed by atoms with Crippen LogP contribution in [-0.2, 0) is 9.53 Å². The molecule has 0 aliphatic heterocycles. The molecule has 0 bridgehead atoms. The summed E-state index contributed by atoms with van der Waals surface area (Å²) in [7, 11) is 1.48. The first kappa shape index (κ1) is 25.7. The highest BCUT2D eigenvalue weighted by atomic mass is 32.1. The van der Waals surface area contributed by atoms with Gasteiger partial charge in [-0.05, 0) is 53.6 Å². The Morgan fingerprint density at radius 1 is 1.10 bits per heavy atom. The molecule has 0 aliphatic carbocycles. The van der Waals surface area contributed by atoms with Gasteiger partial charge >= 0.3 is 11.6 Å². The number of methoxy groups -OCH3 is 1. The minimum absolute atomic E-state index is 0.247. The van der Waals surface area contributed by atoms with Gasteiger partial charge in [-0.15, -0.1) is 11.3 Å². The van der Waals surface area contributed by atoms with Crippen molar-refractivity contribution in [3.05, 3.63) is 87.0 Å². The lowest BCUT2D eigenvalue weighted by Crippen LogP contribution is -2.14. The SMILES string of the molecule is CCOC(=O)COc1ccc(/C=C(\C#N)c2nc(-c3cc4c(ccc5ccccc54)oc3=O)cs2)cc1OC. The van der Waals surface area contributed by atoms with Crippen molar-refractivity contribution in [1.82, 2.24) is 4.98 Å². The molecule has 0 unspecified atom stereocenters. The van der Waals surface area contributed by atoms with E-state index in [-0.39, 0.29) is 13.2 Å². The van der Waals surface area contributed by atoms with Crippen LogP contribution in [0.5, 0.6) is 11.5 Å². The molecule has 5 rings (SSSR count). The third-order valence-electron chi connectivity index (χ3n) is 5.92. The zero-order valence-corrected chi connectivity index (χ0v) is 21.9. The highest BCUT2D eigenvalue weighted by Gasteiger charge is 2.16. The molecule has 9 heteroatoms. The average molecular weight is 539 g/mol. The number of carbonyl (C=O) groups excluding carboxylic acids is 1. The maximum absolute atomic E-state index is 12.8. The van der Waals surface area contributed by atoms with Crippen LogP contribution in [0.3, 0.4) is 0 Å². The van der Waals surface area contributed by atoms with Crippen molar-refractivity contribution in [3.8, 4) is 28.8 Å². The fourth-order valence-corrected chi connectivity index (χ4v) is 4.90. The van der Waals surface area contributed by atoms with E-state index in [1.54, 1.807) is 48.7 Å². The number of benzene rings is 3. The Bertz CT molecular complexity index is 1830. The quantitative estimate of drug-likeness (QED) is 0.101. The molecule has 0 fully saturated rings. The molecule has 0 amide bonds. The van der Waals surface area contributed by atoms with Crippen LogP contribution in [-0.4, -0.2) is 31.3 Å². The van der Waals surface area contributed by atoms with Crippen molar-refractivity contribution in [2.24, 2.45) is 0 Å². The van der Waals surface area contributed by atoms with E-state index in [4.69, 9.17) is 18.6 Å². The molecule has 0 saturated carbocycles. The number of hydrogen-bond acceptors (Lipinski definition) is 9. The van der Waals surface area contributed by atoms with E-state index >= 15 is 0 Å². The number of aromatic nitrogens is 1. The second kappa shape index (κ2) is 11.2. The first-order chi connectivity index (χ1) is 19.0. The first-order valence-corrected chi connectivity index (χ1v) is 12.9. The molecule has 2 aromatic heterocycles. The van der Waals surface area contributed by atoms with Gasteiger partial charge in [-0.2, -0.15) is 5.26 Å². The summed E-state index contributed by atoms with van der Waals surface area (Å²) in [5.41, 5.74) is 1.73. The number of nitriles is 1. The van der Waals surface area contributed by atoms with Crippen molar-refractivity contribution in [2.45, 2.75) is 6.92 Å². The lowest BCUT2D eigenvalue weighted by atomic mass is 10.0. The predicted octanol–water partition coefficient (Wildman–Crippen LogP) is 6.08. The van der Waals surface area contributed by atoms with Gasteiger partial charge in [0.25, 0.3) is 0 Å². The Hall–Kier alpha value is -4.94. The van der Waals surface area contributed by atoms with Crippen molar-refractivity contribution in [3.63, 3.8) is 0 Å². The number of rotatable bonds is 8. The van der Waals surface area contributed by atoms with E-state index in [1.165, 1.54) is 18.4 Å². The molecule has 3 aromatic carbocycles. The third-order valence-corrected chi connectivity index (χ3v) is 6.80. The Kier molecular flexibility index (Phi) is 7.39. The fourth-order valence-electron chi connectivity index (χ4n) is 4.11.